The average Bonchev–Trinajstić information content (AvgIpc) is 3.31. The third kappa shape index (κ3) is 4.52. The number of H-pyrrole nitrogens is 2. The van der Waals surface area contributed by atoms with Gasteiger partial charge in [-0.15, -0.1) is 11.3 Å². The van der Waals surface area contributed by atoms with Crippen LogP contribution in [0.1, 0.15) is 41.5 Å². The lowest BCUT2D eigenvalue weighted by Gasteiger charge is -2.20. The lowest BCUT2D eigenvalue weighted by molar-refractivity contribution is 0.0826. The second-order valence-corrected chi connectivity index (χ2v) is 8.28. The van der Waals surface area contributed by atoms with Gasteiger partial charge in [0.1, 0.15) is 22.6 Å². The Balaban J connectivity index is 2.12. The normalized spacial score (nSPS) is 11.8. The van der Waals surface area contributed by atoms with Crippen molar-refractivity contribution in [3.8, 4) is 0 Å². The first kappa shape index (κ1) is 23.1. The average molecular weight is 459 g/mol. The molecule has 1 amide bonds. The van der Waals surface area contributed by atoms with Crippen molar-refractivity contribution < 1.29 is 4.79 Å². The maximum absolute atomic E-state index is 13.1. The molecule has 0 saturated carbocycles. The van der Waals surface area contributed by atoms with E-state index in [0.717, 1.165) is 9.56 Å². The van der Waals surface area contributed by atoms with Gasteiger partial charge in [0, 0.05) is 37.9 Å². The SMILES string of the molecule is CC[C@@H](Nc1c(Nc2c[nH]cc(C(=O)N(C)C)c2=O)c(=O)n(CC)[nH]c1=O)c1cccs1. The summed E-state index contributed by atoms with van der Waals surface area (Å²) in [6, 6.07) is 3.66. The van der Waals surface area contributed by atoms with Gasteiger partial charge in [-0.2, -0.15) is 0 Å². The number of carbonyl (C=O) groups excluding carboxylic acids is 1. The van der Waals surface area contributed by atoms with E-state index in [0.29, 0.717) is 6.42 Å². The summed E-state index contributed by atoms with van der Waals surface area (Å²) in [5.74, 6) is -0.478. The molecule has 10 nitrogen and oxygen atoms in total. The van der Waals surface area contributed by atoms with Crippen LogP contribution in [-0.2, 0) is 6.54 Å². The lowest BCUT2D eigenvalue weighted by atomic mass is 10.1. The van der Waals surface area contributed by atoms with Crippen LogP contribution in [0.5, 0.6) is 0 Å². The zero-order chi connectivity index (χ0) is 23.4. The quantitative estimate of drug-likeness (QED) is 0.410. The molecule has 170 valence electrons. The maximum atomic E-state index is 13.1. The predicted molar refractivity (Wildman–Crippen MR) is 126 cm³/mol. The van der Waals surface area contributed by atoms with Crippen LogP contribution in [0.2, 0.25) is 0 Å². The van der Waals surface area contributed by atoms with E-state index in [9.17, 15) is 19.2 Å². The summed E-state index contributed by atoms with van der Waals surface area (Å²) in [4.78, 5) is 56.2. The van der Waals surface area contributed by atoms with E-state index in [2.05, 4.69) is 20.7 Å². The van der Waals surface area contributed by atoms with E-state index in [1.165, 1.54) is 42.7 Å². The van der Waals surface area contributed by atoms with Crippen LogP contribution < -0.4 is 27.2 Å². The molecule has 0 saturated heterocycles. The van der Waals surface area contributed by atoms with E-state index in [1.807, 2.05) is 24.4 Å². The molecule has 3 heterocycles. The fourth-order valence-corrected chi connectivity index (χ4v) is 4.07. The Kier molecular flexibility index (Phi) is 6.98. The summed E-state index contributed by atoms with van der Waals surface area (Å²) in [5, 5.41) is 10.5. The Bertz CT molecular complexity index is 1270. The minimum Gasteiger partial charge on any atom is -0.371 e. The fraction of sp³-hybridized carbons (Fsp3) is 0.333. The number of rotatable bonds is 8. The Morgan fingerprint density at radius 3 is 2.53 bits per heavy atom. The van der Waals surface area contributed by atoms with Crippen LogP contribution in [0.15, 0.2) is 44.3 Å². The molecule has 4 N–H and O–H groups in total. The number of pyridine rings is 1. The molecule has 0 radical (unpaired) electrons. The second kappa shape index (κ2) is 9.69. The van der Waals surface area contributed by atoms with Gasteiger partial charge in [-0.25, -0.2) is 4.68 Å². The van der Waals surface area contributed by atoms with Gasteiger partial charge >= 0.3 is 0 Å². The second-order valence-electron chi connectivity index (χ2n) is 7.30. The van der Waals surface area contributed by atoms with Gasteiger partial charge in [0.25, 0.3) is 17.0 Å². The van der Waals surface area contributed by atoms with Crippen molar-refractivity contribution in [3.63, 3.8) is 0 Å². The molecule has 0 aliphatic heterocycles. The minimum absolute atomic E-state index is 0.0183. The van der Waals surface area contributed by atoms with Crippen molar-refractivity contribution in [2.24, 2.45) is 0 Å². The number of aromatic nitrogens is 3. The van der Waals surface area contributed by atoms with Crippen molar-refractivity contribution >= 4 is 34.3 Å². The van der Waals surface area contributed by atoms with Crippen molar-refractivity contribution in [2.75, 3.05) is 24.7 Å². The van der Waals surface area contributed by atoms with Crippen molar-refractivity contribution in [3.05, 3.63) is 71.3 Å². The van der Waals surface area contributed by atoms with Gasteiger partial charge in [-0.05, 0) is 24.8 Å². The van der Waals surface area contributed by atoms with E-state index in [1.54, 1.807) is 6.92 Å². The monoisotopic (exact) mass is 458 g/mol. The fourth-order valence-electron chi connectivity index (χ4n) is 3.21. The molecule has 0 aromatic carbocycles. The largest absolute Gasteiger partial charge is 0.371 e. The molecule has 1 atom stereocenters. The summed E-state index contributed by atoms with van der Waals surface area (Å²) in [7, 11) is 3.08. The molecule has 3 aromatic rings. The molecular weight excluding hydrogens is 432 g/mol. The topological polar surface area (TPSA) is 132 Å². The molecule has 3 aromatic heterocycles. The van der Waals surface area contributed by atoms with Crippen molar-refractivity contribution in [1.82, 2.24) is 19.7 Å². The number of carbonyl (C=O) groups is 1. The highest BCUT2D eigenvalue weighted by Crippen LogP contribution is 2.27. The summed E-state index contributed by atoms with van der Waals surface area (Å²) in [6.07, 6.45) is 3.33. The first-order valence-electron chi connectivity index (χ1n) is 10.1. The highest BCUT2D eigenvalue weighted by molar-refractivity contribution is 7.10. The molecule has 0 fully saturated rings. The van der Waals surface area contributed by atoms with Crippen molar-refractivity contribution in [2.45, 2.75) is 32.9 Å². The number of amides is 1. The standard InChI is InChI=1S/C21H26N6O4S/c1-5-13(15-8-7-9-32-15)23-16-17(21(31)27(6-2)25-19(16)29)24-14-11-22-10-12(18(14)28)20(30)26(3)4/h7-11,13,23-24H,5-6H2,1-4H3,(H,22,28)(H,25,29)/t13-/m1/s1. The van der Waals surface area contributed by atoms with E-state index < -0.39 is 22.5 Å². The van der Waals surface area contributed by atoms with Crippen molar-refractivity contribution in [1.29, 1.82) is 0 Å². The summed E-state index contributed by atoms with van der Waals surface area (Å²) < 4.78 is 1.16. The Morgan fingerprint density at radius 2 is 1.94 bits per heavy atom. The van der Waals surface area contributed by atoms with Gasteiger partial charge in [0.05, 0.1) is 6.04 Å². The Hall–Kier alpha value is -3.60. The molecule has 0 spiro atoms. The van der Waals surface area contributed by atoms with Gasteiger partial charge in [-0.3, -0.25) is 24.3 Å². The summed E-state index contributed by atoms with van der Waals surface area (Å²) in [6.45, 7) is 3.92. The number of hydrogen-bond acceptors (Lipinski definition) is 7. The summed E-state index contributed by atoms with van der Waals surface area (Å²) in [5.41, 5.74) is -1.72. The number of anilines is 3. The molecule has 3 rings (SSSR count). The number of hydrogen-bond donors (Lipinski definition) is 4. The van der Waals surface area contributed by atoms with Crippen LogP contribution in [0.25, 0.3) is 0 Å². The number of nitrogens with one attached hydrogen (secondary N) is 4. The third-order valence-electron chi connectivity index (χ3n) is 4.94. The van der Waals surface area contributed by atoms with Crippen LogP contribution in [0.4, 0.5) is 17.1 Å². The van der Waals surface area contributed by atoms with Crippen LogP contribution in [0, 0.1) is 0 Å². The molecule has 11 heteroatoms. The highest BCUT2D eigenvalue weighted by atomic mass is 32.1. The molecule has 0 aliphatic carbocycles. The van der Waals surface area contributed by atoms with Gasteiger partial charge in [-0.1, -0.05) is 13.0 Å². The minimum atomic E-state index is -0.582. The molecule has 0 unspecified atom stereocenters. The molecule has 0 bridgehead atoms. The predicted octanol–water partition coefficient (Wildman–Crippen LogP) is 2.31. The van der Waals surface area contributed by atoms with E-state index in [-0.39, 0.29) is 35.2 Å². The molecule has 0 aliphatic rings. The Labute approximate surface area is 187 Å². The number of aromatic amines is 2. The number of aryl methyl sites for hydroxylation is 1. The van der Waals surface area contributed by atoms with E-state index in [4.69, 9.17) is 0 Å². The Morgan fingerprint density at radius 1 is 1.19 bits per heavy atom. The zero-order valence-electron chi connectivity index (χ0n) is 18.3. The van der Waals surface area contributed by atoms with Gasteiger partial charge < -0.3 is 20.5 Å². The van der Waals surface area contributed by atoms with E-state index >= 15 is 0 Å². The zero-order valence-corrected chi connectivity index (χ0v) is 19.1. The highest BCUT2D eigenvalue weighted by Gasteiger charge is 2.21. The lowest BCUT2D eigenvalue weighted by Crippen LogP contribution is -2.34. The summed E-state index contributed by atoms with van der Waals surface area (Å²) >= 11 is 1.54. The maximum Gasteiger partial charge on any atom is 0.291 e. The number of thiophene rings is 1. The van der Waals surface area contributed by atoms with Gasteiger partial charge in [0.15, 0.2) is 0 Å². The molecule has 32 heavy (non-hydrogen) atoms. The molecular formula is C21H26N6O4S. The van der Waals surface area contributed by atoms with Crippen LogP contribution >= 0.6 is 11.3 Å². The first-order chi connectivity index (χ1) is 15.3. The van der Waals surface area contributed by atoms with Crippen LogP contribution in [-0.4, -0.2) is 39.7 Å². The smallest absolute Gasteiger partial charge is 0.291 e. The third-order valence-corrected chi connectivity index (χ3v) is 5.93. The number of nitrogens with zero attached hydrogens (tertiary/aromatic N) is 2. The van der Waals surface area contributed by atoms with Gasteiger partial charge in [0.2, 0.25) is 5.43 Å². The first-order valence-corrected chi connectivity index (χ1v) is 11.0. The van der Waals surface area contributed by atoms with Crippen LogP contribution in [0.3, 0.4) is 0 Å².